The van der Waals surface area contributed by atoms with Crippen LogP contribution in [0.2, 0.25) is 0 Å². The van der Waals surface area contributed by atoms with E-state index in [1.807, 2.05) is 18.4 Å². The van der Waals surface area contributed by atoms with Crippen molar-refractivity contribution in [3.8, 4) is 0 Å². The normalized spacial score (nSPS) is 11.7. The molecule has 23 heavy (non-hydrogen) atoms. The average Bonchev–Trinajstić information content (AvgIpc) is 2.95. The summed E-state index contributed by atoms with van der Waals surface area (Å²) in [7, 11) is -3.47. The molecule has 0 atom stereocenters. The molecule has 7 heteroatoms. The predicted octanol–water partition coefficient (Wildman–Crippen LogP) is 3.34. The number of nitrogens with one attached hydrogen (secondary N) is 1. The van der Waals surface area contributed by atoms with E-state index in [0.717, 1.165) is 5.56 Å². The largest absolute Gasteiger partial charge is 0.321 e. The topological polar surface area (TPSA) is 66.5 Å². The summed E-state index contributed by atoms with van der Waals surface area (Å²) in [6.07, 6.45) is 0. The lowest BCUT2D eigenvalue weighted by molar-refractivity contribution is 0.103. The molecule has 1 N–H and O–H groups in total. The van der Waals surface area contributed by atoms with E-state index in [-0.39, 0.29) is 10.8 Å². The minimum Gasteiger partial charge on any atom is -0.321 e. The summed E-state index contributed by atoms with van der Waals surface area (Å²) in [4.78, 5) is 13.0. The molecule has 0 fully saturated rings. The van der Waals surface area contributed by atoms with Crippen LogP contribution in [0, 0.1) is 6.92 Å². The third-order valence-electron chi connectivity index (χ3n) is 3.52. The van der Waals surface area contributed by atoms with Crippen molar-refractivity contribution in [1.82, 2.24) is 4.31 Å². The lowest BCUT2D eigenvalue weighted by Crippen LogP contribution is -2.30. The Bertz CT molecular complexity index is 776. The molecule has 0 spiro atoms. The van der Waals surface area contributed by atoms with Gasteiger partial charge in [0.2, 0.25) is 10.0 Å². The molecule has 0 saturated carbocycles. The summed E-state index contributed by atoms with van der Waals surface area (Å²) < 4.78 is 26.2. The first-order valence-electron chi connectivity index (χ1n) is 7.35. The van der Waals surface area contributed by atoms with Crippen molar-refractivity contribution in [2.45, 2.75) is 25.7 Å². The number of anilines is 1. The van der Waals surface area contributed by atoms with Crippen LogP contribution in [0.3, 0.4) is 0 Å². The minimum absolute atomic E-state index is 0.183. The van der Waals surface area contributed by atoms with E-state index < -0.39 is 10.0 Å². The Labute approximate surface area is 141 Å². The number of thiophene rings is 1. The zero-order valence-corrected chi connectivity index (χ0v) is 15.0. The van der Waals surface area contributed by atoms with Crippen molar-refractivity contribution in [2.75, 3.05) is 18.4 Å². The molecule has 1 heterocycles. The van der Waals surface area contributed by atoms with E-state index >= 15 is 0 Å². The van der Waals surface area contributed by atoms with Crippen LogP contribution < -0.4 is 5.32 Å². The summed E-state index contributed by atoms with van der Waals surface area (Å²) in [6, 6.07) is 8.14. The zero-order chi connectivity index (χ0) is 17.0. The van der Waals surface area contributed by atoms with Crippen LogP contribution in [0.4, 0.5) is 5.69 Å². The Morgan fingerprint density at radius 3 is 2.22 bits per heavy atom. The highest BCUT2D eigenvalue weighted by molar-refractivity contribution is 7.89. The molecule has 5 nitrogen and oxygen atoms in total. The van der Waals surface area contributed by atoms with E-state index in [0.29, 0.717) is 23.7 Å². The number of benzene rings is 1. The third kappa shape index (κ3) is 3.80. The van der Waals surface area contributed by atoms with Crippen molar-refractivity contribution < 1.29 is 13.2 Å². The minimum atomic E-state index is -3.47. The molecule has 0 aliphatic carbocycles. The highest BCUT2D eigenvalue weighted by Crippen LogP contribution is 2.20. The van der Waals surface area contributed by atoms with Gasteiger partial charge < -0.3 is 5.32 Å². The van der Waals surface area contributed by atoms with E-state index in [1.54, 1.807) is 26.0 Å². The first kappa shape index (κ1) is 17.7. The molecule has 0 saturated heterocycles. The van der Waals surface area contributed by atoms with Crippen LogP contribution in [0.5, 0.6) is 0 Å². The van der Waals surface area contributed by atoms with Gasteiger partial charge in [0.05, 0.1) is 9.77 Å². The highest BCUT2D eigenvalue weighted by Gasteiger charge is 2.21. The van der Waals surface area contributed by atoms with Gasteiger partial charge in [0.25, 0.3) is 5.91 Å². The van der Waals surface area contributed by atoms with Gasteiger partial charge in [-0.25, -0.2) is 8.42 Å². The van der Waals surface area contributed by atoms with E-state index in [1.165, 1.54) is 27.8 Å². The van der Waals surface area contributed by atoms with Crippen LogP contribution in [-0.2, 0) is 10.0 Å². The summed E-state index contributed by atoms with van der Waals surface area (Å²) in [6.45, 7) is 6.34. The quantitative estimate of drug-likeness (QED) is 0.867. The summed E-state index contributed by atoms with van der Waals surface area (Å²) in [5.74, 6) is -0.183. The van der Waals surface area contributed by atoms with Gasteiger partial charge in [-0.2, -0.15) is 4.31 Å². The maximum absolute atomic E-state index is 12.4. The third-order valence-corrected chi connectivity index (χ3v) is 6.60. The summed E-state index contributed by atoms with van der Waals surface area (Å²) in [5, 5.41) is 4.65. The van der Waals surface area contributed by atoms with Crippen molar-refractivity contribution >= 4 is 33.0 Å². The number of aryl methyl sites for hydroxylation is 1. The molecule has 124 valence electrons. The lowest BCUT2D eigenvalue weighted by atomic mass is 10.2. The van der Waals surface area contributed by atoms with Gasteiger partial charge in [0.1, 0.15) is 0 Å². The van der Waals surface area contributed by atoms with Gasteiger partial charge in [-0.05, 0) is 48.2 Å². The van der Waals surface area contributed by atoms with Crippen molar-refractivity contribution in [1.29, 1.82) is 0 Å². The van der Waals surface area contributed by atoms with Crippen molar-refractivity contribution in [2.24, 2.45) is 0 Å². The van der Waals surface area contributed by atoms with Crippen LogP contribution in [0.15, 0.2) is 40.6 Å². The smallest absolute Gasteiger partial charge is 0.265 e. The Balaban J connectivity index is 2.17. The second-order valence-corrected chi connectivity index (χ2v) is 7.85. The maximum atomic E-state index is 12.4. The van der Waals surface area contributed by atoms with Gasteiger partial charge in [-0.15, -0.1) is 11.3 Å². The van der Waals surface area contributed by atoms with Crippen LogP contribution in [0.1, 0.15) is 29.1 Å². The first-order valence-corrected chi connectivity index (χ1v) is 9.67. The predicted molar refractivity (Wildman–Crippen MR) is 93.6 cm³/mol. The molecule has 2 aromatic rings. The molecular formula is C16H20N2O3S2. The first-order chi connectivity index (χ1) is 10.9. The number of rotatable bonds is 6. The molecule has 1 aromatic heterocycles. The van der Waals surface area contributed by atoms with Gasteiger partial charge in [-0.1, -0.05) is 13.8 Å². The molecule has 1 amide bonds. The number of hydrogen-bond donors (Lipinski definition) is 1. The number of sulfonamides is 1. The fourth-order valence-corrected chi connectivity index (χ4v) is 4.49. The van der Waals surface area contributed by atoms with E-state index in [4.69, 9.17) is 0 Å². The Morgan fingerprint density at radius 2 is 1.74 bits per heavy atom. The Kier molecular flexibility index (Phi) is 5.56. The zero-order valence-electron chi connectivity index (χ0n) is 13.4. The number of amides is 1. The second-order valence-electron chi connectivity index (χ2n) is 5.00. The number of hydrogen-bond acceptors (Lipinski definition) is 4. The van der Waals surface area contributed by atoms with Crippen molar-refractivity contribution in [3.05, 3.63) is 46.2 Å². The molecule has 0 radical (unpaired) electrons. The van der Waals surface area contributed by atoms with Gasteiger partial charge in [-0.3, -0.25) is 4.79 Å². The second kappa shape index (κ2) is 7.25. The van der Waals surface area contributed by atoms with E-state index in [9.17, 15) is 13.2 Å². The summed E-state index contributed by atoms with van der Waals surface area (Å²) in [5.41, 5.74) is 1.49. The molecule has 0 unspecified atom stereocenters. The molecule has 0 aliphatic rings. The highest BCUT2D eigenvalue weighted by atomic mass is 32.2. The Hall–Kier alpha value is -1.70. The fraction of sp³-hybridized carbons (Fsp3) is 0.312. The molecule has 1 aromatic carbocycles. The van der Waals surface area contributed by atoms with Crippen LogP contribution in [-0.4, -0.2) is 31.7 Å². The van der Waals surface area contributed by atoms with Gasteiger partial charge >= 0.3 is 0 Å². The average molecular weight is 352 g/mol. The van der Waals surface area contributed by atoms with Crippen molar-refractivity contribution in [3.63, 3.8) is 0 Å². The van der Waals surface area contributed by atoms with Gasteiger partial charge in [0, 0.05) is 18.8 Å². The fourth-order valence-electron chi connectivity index (χ4n) is 2.22. The number of carbonyl (C=O) groups excluding carboxylic acids is 1. The lowest BCUT2D eigenvalue weighted by Gasteiger charge is -2.18. The SMILES string of the molecule is CCN(CC)S(=O)(=O)c1ccc(NC(=O)c2sccc2C)cc1. The molecule has 2 rings (SSSR count). The number of carbonyl (C=O) groups is 1. The van der Waals surface area contributed by atoms with Crippen LogP contribution in [0.25, 0.3) is 0 Å². The molecule has 0 bridgehead atoms. The van der Waals surface area contributed by atoms with E-state index in [2.05, 4.69) is 5.32 Å². The monoisotopic (exact) mass is 352 g/mol. The van der Waals surface area contributed by atoms with Crippen LogP contribution >= 0.6 is 11.3 Å². The Morgan fingerprint density at radius 1 is 1.13 bits per heavy atom. The summed E-state index contributed by atoms with van der Waals surface area (Å²) >= 11 is 1.38. The standard InChI is InChI=1S/C16H20N2O3S2/c1-4-18(5-2)23(20,21)14-8-6-13(7-9-14)17-16(19)15-12(3)10-11-22-15/h6-11H,4-5H2,1-3H3,(H,17,19). The molecular weight excluding hydrogens is 332 g/mol. The molecule has 0 aliphatic heterocycles. The number of nitrogens with zero attached hydrogens (tertiary/aromatic N) is 1. The maximum Gasteiger partial charge on any atom is 0.265 e. The van der Waals surface area contributed by atoms with Gasteiger partial charge in [0.15, 0.2) is 0 Å².